The van der Waals surface area contributed by atoms with Gasteiger partial charge in [-0.3, -0.25) is 4.79 Å². The second-order valence-corrected chi connectivity index (χ2v) is 7.67. The van der Waals surface area contributed by atoms with Gasteiger partial charge < -0.3 is 24.8 Å². The molecular formula is C24H30N4O3. The highest BCUT2D eigenvalue weighted by Gasteiger charge is 2.16. The summed E-state index contributed by atoms with van der Waals surface area (Å²) in [6.45, 7) is 4.35. The van der Waals surface area contributed by atoms with Gasteiger partial charge in [-0.05, 0) is 50.8 Å². The lowest BCUT2D eigenvalue weighted by atomic mass is 10.1. The molecule has 0 aliphatic carbocycles. The standard InChI is InChI=1S/C24H30N4O3/c1-4-31-21-10-11-22-19(15-21)14-20(23(29)26-22)17-28(13-12-27(2)3)24(30)25-16-18-8-6-5-7-9-18/h5-11,14-15H,4,12-13,16-17H2,1-3H3,(H,25,30)(H,26,29). The number of pyridine rings is 1. The Bertz CT molecular complexity index is 1060. The second kappa shape index (κ2) is 10.6. The van der Waals surface area contributed by atoms with Crippen molar-refractivity contribution in [2.24, 2.45) is 0 Å². The molecule has 0 bridgehead atoms. The number of nitrogens with zero attached hydrogens (tertiary/aromatic N) is 2. The van der Waals surface area contributed by atoms with Crippen LogP contribution in [0.3, 0.4) is 0 Å². The highest BCUT2D eigenvalue weighted by molar-refractivity contribution is 5.81. The van der Waals surface area contributed by atoms with Gasteiger partial charge in [0.05, 0.1) is 13.2 Å². The van der Waals surface area contributed by atoms with Crippen LogP contribution in [0.5, 0.6) is 5.75 Å². The van der Waals surface area contributed by atoms with Crippen molar-refractivity contribution < 1.29 is 9.53 Å². The number of carbonyl (C=O) groups excluding carboxylic acids is 1. The smallest absolute Gasteiger partial charge is 0.318 e. The number of hydrogen-bond acceptors (Lipinski definition) is 4. The third kappa shape index (κ3) is 6.33. The lowest BCUT2D eigenvalue weighted by Crippen LogP contribution is -2.43. The lowest BCUT2D eigenvalue weighted by molar-refractivity contribution is 0.188. The van der Waals surface area contributed by atoms with Crippen molar-refractivity contribution in [1.82, 2.24) is 20.1 Å². The first-order chi connectivity index (χ1) is 15.0. The van der Waals surface area contributed by atoms with Crippen molar-refractivity contribution in [3.8, 4) is 5.75 Å². The number of benzene rings is 2. The van der Waals surface area contributed by atoms with E-state index in [2.05, 4.69) is 10.3 Å². The molecule has 0 saturated heterocycles. The molecule has 164 valence electrons. The average Bonchev–Trinajstić information content (AvgIpc) is 2.76. The van der Waals surface area contributed by atoms with E-state index in [1.165, 1.54) is 0 Å². The number of nitrogens with one attached hydrogen (secondary N) is 2. The maximum absolute atomic E-state index is 12.9. The number of fused-ring (bicyclic) bond motifs is 1. The van der Waals surface area contributed by atoms with Gasteiger partial charge in [-0.2, -0.15) is 0 Å². The molecule has 2 amide bonds. The van der Waals surface area contributed by atoms with Crippen LogP contribution in [0.2, 0.25) is 0 Å². The fraction of sp³-hybridized carbons (Fsp3) is 0.333. The van der Waals surface area contributed by atoms with E-state index >= 15 is 0 Å². The molecule has 0 aliphatic heterocycles. The number of hydrogen-bond donors (Lipinski definition) is 2. The van der Waals surface area contributed by atoms with Gasteiger partial charge in [0.1, 0.15) is 5.75 Å². The van der Waals surface area contributed by atoms with Gasteiger partial charge in [-0.25, -0.2) is 4.79 Å². The molecule has 0 unspecified atom stereocenters. The number of rotatable bonds is 9. The SMILES string of the molecule is CCOc1ccc2[nH]c(=O)c(CN(CCN(C)C)C(=O)NCc3ccccc3)cc2c1. The van der Waals surface area contributed by atoms with Gasteiger partial charge in [0.25, 0.3) is 5.56 Å². The Morgan fingerprint density at radius 1 is 1.06 bits per heavy atom. The number of amides is 2. The summed E-state index contributed by atoms with van der Waals surface area (Å²) in [4.78, 5) is 32.2. The third-order valence-corrected chi connectivity index (χ3v) is 4.96. The predicted octanol–water partition coefficient (Wildman–Crippen LogP) is 3.20. The number of aromatic amines is 1. The fourth-order valence-electron chi connectivity index (χ4n) is 3.27. The number of likely N-dealkylation sites (N-methyl/N-ethyl adjacent to an activating group) is 1. The van der Waals surface area contributed by atoms with Crippen molar-refractivity contribution in [3.05, 3.63) is 76.1 Å². The Morgan fingerprint density at radius 3 is 2.55 bits per heavy atom. The highest BCUT2D eigenvalue weighted by Crippen LogP contribution is 2.19. The Labute approximate surface area is 182 Å². The highest BCUT2D eigenvalue weighted by atomic mass is 16.5. The molecule has 0 atom stereocenters. The molecule has 0 fully saturated rings. The van der Waals surface area contributed by atoms with E-state index in [0.29, 0.717) is 31.8 Å². The van der Waals surface area contributed by atoms with Gasteiger partial charge >= 0.3 is 6.03 Å². The first-order valence-corrected chi connectivity index (χ1v) is 10.5. The van der Waals surface area contributed by atoms with E-state index in [-0.39, 0.29) is 18.1 Å². The normalized spacial score (nSPS) is 11.0. The van der Waals surface area contributed by atoms with Gasteiger partial charge in [-0.1, -0.05) is 30.3 Å². The molecule has 31 heavy (non-hydrogen) atoms. The Balaban J connectivity index is 1.80. The topological polar surface area (TPSA) is 77.7 Å². The molecule has 1 heterocycles. The van der Waals surface area contributed by atoms with E-state index in [0.717, 1.165) is 22.2 Å². The summed E-state index contributed by atoms with van der Waals surface area (Å²) in [7, 11) is 3.91. The maximum atomic E-state index is 12.9. The molecule has 2 N–H and O–H groups in total. The first-order valence-electron chi connectivity index (χ1n) is 10.5. The third-order valence-electron chi connectivity index (χ3n) is 4.96. The van der Waals surface area contributed by atoms with E-state index in [4.69, 9.17) is 4.74 Å². The van der Waals surface area contributed by atoms with E-state index in [9.17, 15) is 9.59 Å². The van der Waals surface area contributed by atoms with E-state index in [1.807, 2.05) is 80.5 Å². The van der Waals surface area contributed by atoms with Crippen LogP contribution >= 0.6 is 0 Å². The monoisotopic (exact) mass is 422 g/mol. The molecular weight excluding hydrogens is 392 g/mol. The molecule has 0 radical (unpaired) electrons. The minimum absolute atomic E-state index is 0.192. The van der Waals surface area contributed by atoms with Crippen LogP contribution in [0, 0.1) is 0 Å². The van der Waals surface area contributed by atoms with Crippen LogP contribution in [-0.4, -0.2) is 54.6 Å². The van der Waals surface area contributed by atoms with E-state index < -0.39 is 0 Å². The summed E-state index contributed by atoms with van der Waals surface area (Å²) in [6.07, 6.45) is 0. The lowest BCUT2D eigenvalue weighted by Gasteiger charge is -2.25. The Kier molecular flexibility index (Phi) is 7.67. The van der Waals surface area contributed by atoms with Crippen molar-refractivity contribution in [2.45, 2.75) is 20.0 Å². The second-order valence-electron chi connectivity index (χ2n) is 7.67. The Morgan fingerprint density at radius 2 is 1.84 bits per heavy atom. The average molecular weight is 423 g/mol. The zero-order valence-electron chi connectivity index (χ0n) is 18.4. The summed E-state index contributed by atoms with van der Waals surface area (Å²) < 4.78 is 5.57. The number of H-pyrrole nitrogens is 1. The summed E-state index contributed by atoms with van der Waals surface area (Å²) in [5.41, 5.74) is 2.11. The number of carbonyl (C=O) groups is 1. The maximum Gasteiger partial charge on any atom is 0.318 e. The van der Waals surface area contributed by atoms with E-state index in [1.54, 1.807) is 4.90 Å². The largest absolute Gasteiger partial charge is 0.494 e. The zero-order chi connectivity index (χ0) is 22.2. The molecule has 0 aliphatic rings. The summed E-state index contributed by atoms with van der Waals surface area (Å²) in [5, 5.41) is 3.83. The van der Waals surface area contributed by atoms with Crippen LogP contribution in [-0.2, 0) is 13.1 Å². The van der Waals surface area contributed by atoms with Crippen LogP contribution in [0.25, 0.3) is 10.9 Å². The zero-order valence-corrected chi connectivity index (χ0v) is 18.4. The van der Waals surface area contributed by atoms with Crippen molar-refractivity contribution in [2.75, 3.05) is 33.8 Å². The van der Waals surface area contributed by atoms with Crippen LogP contribution in [0.1, 0.15) is 18.1 Å². The number of ether oxygens (including phenoxy) is 1. The van der Waals surface area contributed by atoms with Crippen LogP contribution in [0.15, 0.2) is 59.4 Å². The van der Waals surface area contributed by atoms with Crippen molar-refractivity contribution >= 4 is 16.9 Å². The molecule has 7 heteroatoms. The molecule has 3 aromatic rings. The van der Waals surface area contributed by atoms with Crippen molar-refractivity contribution in [3.63, 3.8) is 0 Å². The molecule has 2 aromatic carbocycles. The van der Waals surface area contributed by atoms with Gasteiger partial charge in [0.2, 0.25) is 0 Å². The molecule has 3 rings (SSSR count). The molecule has 0 saturated carbocycles. The summed E-state index contributed by atoms with van der Waals surface area (Å²) in [5.74, 6) is 0.748. The molecule has 7 nitrogen and oxygen atoms in total. The fourth-order valence-corrected chi connectivity index (χ4v) is 3.27. The quantitative estimate of drug-likeness (QED) is 0.555. The first kappa shape index (κ1) is 22.4. The Hall–Kier alpha value is -3.32. The van der Waals surface area contributed by atoms with Crippen LogP contribution < -0.4 is 15.6 Å². The molecule has 1 aromatic heterocycles. The predicted molar refractivity (Wildman–Crippen MR) is 123 cm³/mol. The van der Waals surface area contributed by atoms with Gasteiger partial charge in [-0.15, -0.1) is 0 Å². The van der Waals surface area contributed by atoms with Gasteiger partial charge in [0.15, 0.2) is 0 Å². The summed E-state index contributed by atoms with van der Waals surface area (Å²) >= 11 is 0. The van der Waals surface area contributed by atoms with Crippen molar-refractivity contribution in [1.29, 1.82) is 0 Å². The van der Waals surface area contributed by atoms with Gasteiger partial charge in [0, 0.05) is 36.1 Å². The minimum atomic E-state index is -0.201. The van der Waals surface area contributed by atoms with Crippen LogP contribution in [0.4, 0.5) is 4.79 Å². The molecule has 0 spiro atoms. The number of aromatic nitrogens is 1. The summed E-state index contributed by atoms with van der Waals surface area (Å²) in [6, 6.07) is 17.0. The minimum Gasteiger partial charge on any atom is -0.494 e. The number of urea groups is 1.